The molecule has 2 aromatic carbocycles. The number of hydrogen-bond donors (Lipinski definition) is 1. The fraction of sp³-hybridized carbons (Fsp3) is 0.211. The van der Waals surface area contributed by atoms with Crippen LogP contribution in [0.5, 0.6) is 0 Å². The molecule has 1 heterocycles. The molecule has 0 saturated heterocycles. The van der Waals surface area contributed by atoms with Gasteiger partial charge in [-0.25, -0.2) is 4.68 Å². The SMILES string of the molecule is CC(=O)N(C)Cc1cccc(NC(=O)Cc2ccc(-n3cnnn3)cc2)c1. The highest BCUT2D eigenvalue weighted by atomic mass is 16.2. The molecule has 1 aromatic heterocycles. The zero-order chi connectivity index (χ0) is 19.2. The van der Waals surface area contributed by atoms with E-state index >= 15 is 0 Å². The van der Waals surface area contributed by atoms with Crippen molar-refractivity contribution in [3.05, 3.63) is 66.0 Å². The van der Waals surface area contributed by atoms with Gasteiger partial charge in [-0.3, -0.25) is 9.59 Å². The van der Waals surface area contributed by atoms with Crippen LogP contribution >= 0.6 is 0 Å². The molecule has 0 aliphatic rings. The van der Waals surface area contributed by atoms with E-state index in [1.165, 1.54) is 13.3 Å². The summed E-state index contributed by atoms with van der Waals surface area (Å²) in [5.74, 6) is -0.114. The molecule has 138 valence electrons. The molecular formula is C19H20N6O2. The predicted octanol–water partition coefficient (Wildman–Crippen LogP) is 1.82. The maximum Gasteiger partial charge on any atom is 0.228 e. The van der Waals surface area contributed by atoms with Crippen LogP contribution in [0.25, 0.3) is 5.69 Å². The van der Waals surface area contributed by atoms with Gasteiger partial charge in [-0.15, -0.1) is 5.10 Å². The Labute approximate surface area is 156 Å². The summed E-state index contributed by atoms with van der Waals surface area (Å²) in [5.41, 5.74) is 3.37. The van der Waals surface area contributed by atoms with Crippen molar-refractivity contribution in [3.63, 3.8) is 0 Å². The Morgan fingerprint density at radius 1 is 1.11 bits per heavy atom. The average molecular weight is 364 g/mol. The first-order chi connectivity index (χ1) is 13.0. The Bertz CT molecular complexity index is 922. The third-order valence-electron chi connectivity index (χ3n) is 4.08. The highest BCUT2D eigenvalue weighted by Crippen LogP contribution is 2.14. The third kappa shape index (κ3) is 4.97. The maximum atomic E-state index is 12.3. The summed E-state index contributed by atoms with van der Waals surface area (Å²) in [6.07, 6.45) is 1.77. The number of rotatable bonds is 6. The lowest BCUT2D eigenvalue weighted by atomic mass is 10.1. The number of nitrogens with zero attached hydrogens (tertiary/aromatic N) is 5. The number of carbonyl (C=O) groups is 2. The predicted molar refractivity (Wildman–Crippen MR) is 100 cm³/mol. The van der Waals surface area contributed by atoms with E-state index in [0.717, 1.165) is 16.8 Å². The van der Waals surface area contributed by atoms with E-state index in [1.807, 2.05) is 48.5 Å². The molecule has 0 radical (unpaired) electrons. The van der Waals surface area contributed by atoms with Gasteiger partial charge in [0, 0.05) is 26.2 Å². The molecule has 0 saturated carbocycles. The second kappa shape index (κ2) is 8.22. The van der Waals surface area contributed by atoms with Gasteiger partial charge >= 0.3 is 0 Å². The lowest BCUT2D eigenvalue weighted by molar-refractivity contribution is -0.128. The van der Waals surface area contributed by atoms with Crippen molar-refractivity contribution in [2.24, 2.45) is 0 Å². The standard InChI is InChI=1S/C19H20N6O2/c1-14(26)24(2)12-16-4-3-5-17(10-16)21-19(27)11-15-6-8-18(9-7-15)25-13-20-22-23-25/h3-10,13H,11-12H2,1-2H3,(H,21,27). The Morgan fingerprint density at radius 3 is 2.56 bits per heavy atom. The van der Waals surface area contributed by atoms with Gasteiger partial charge in [-0.1, -0.05) is 24.3 Å². The third-order valence-corrected chi connectivity index (χ3v) is 4.08. The maximum absolute atomic E-state index is 12.3. The second-order valence-electron chi connectivity index (χ2n) is 6.22. The Hall–Kier alpha value is -3.55. The van der Waals surface area contributed by atoms with Gasteiger partial charge in [0.15, 0.2) is 0 Å². The number of amides is 2. The average Bonchev–Trinajstić information content (AvgIpc) is 3.17. The van der Waals surface area contributed by atoms with Crippen LogP contribution in [0.3, 0.4) is 0 Å². The van der Waals surface area contributed by atoms with Gasteiger partial charge in [0.25, 0.3) is 0 Å². The summed E-state index contributed by atoms with van der Waals surface area (Å²) in [6.45, 7) is 2.02. The molecule has 0 spiro atoms. The summed E-state index contributed by atoms with van der Waals surface area (Å²) in [6, 6.07) is 14.9. The van der Waals surface area contributed by atoms with Crippen LogP contribution in [0, 0.1) is 0 Å². The second-order valence-corrected chi connectivity index (χ2v) is 6.22. The number of benzene rings is 2. The molecule has 2 amide bonds. The first-order valence-electron chi connectivity index (χ1n) is 8.44. The van der Waals surface area contributed by atoms with E-state index in [4.69, 9.17) is 0 Å². The molecule has 3 rings (SSSR count). The van der Waals surface area contributed by atoms with Crippen LogP contribution in [0.2, 0.25) is 0 Å². The minimum atomic E-state index is -0.109. The lowest BCUT2D eigenvalue weighted by Gasteiger charge is -2.15. The smallest absolute Gasteiger partial charge is 0.228 e. The largest absolute Gasteiger partial charge is 0.342 e. The molecule has 1 N–H and O–H groups in total. The summed E-state index contributed by atoms with van der Waals surface area (Å²) < 4.78 is 1.55. The molecule has 8 heteroatoms. The van der Waals surface area contributed by atoms with Crippen molar-refractivity contribution >= 4 is 17.5 Å². The van der Waals surface area contributed by atoms with Crippen LogP contribution in [-0.2, 0) is 22.6 Å². The van der Waals surface area contributed by atoms with E-state index in [2.05, 4.69) is 20.8 Å². The van der Waals surface area contributed by atoms with Crippen LogP contribution < -0.4 is 5.32 Å². The van der Waals surface area contributed by atoms with Crippen molar-refractivity contribution in [1.29, 1.82) is 0 Å². The summed E-state index contributed by atoms with van der Waals surface area (Å²) in [5, 5.41) is 13.9. The molecule has 0 aliphatic heterocycles. The van der Waals surface area contributed by atoms with Crippen molar-refractivity contribution < 1.29 is 9.59 Å². The zero-order valence-electron chi connectivity index (χ0n) is 15.2. The van der Waals surface area contributed by atoms with Gasteiger partial charge in [-0.05, 0) is 45.8 Å². The normalized spacial score (nSPS) is 10.4. The number of tetrazole rings is 1. The van der Waals surface area contributed by atoms with Gasteiger partial charge < -0.3 is 10.2 Å². The van der Waals surface area contributed by atoms with Crippen molar-refractivity contribution in [3.8, 4) is 5.69 Å². The first-order valence-corrected chi connectivity index (χ1v) is 8.44. The van der Waals surface area contributed by atoms with Crippen LogP contribution in [0.1, 0.15) is 18.1 Å². The summed E-state index contributed by atoms with van der Waals surface area (Å²) in [4.78, 5) is 25.3. The van der Waals surface area contributed by atoms with Crippen LogP contribution in [0.4, 0.5) is 5.69 Å². The van der Waals surface area contributed by atoms with Gasteiger partial charge in [0.05, 0.1) is 12.1 Å². The number of aromatic nitrogens is 4. The topological polar surface area (TPSA) is 93.0 Å². The van der Waals surface area contributed by atoms with E-state index < -0.39 is 0 Å². The zero-order valence-corrected chi connectivity index (χ0v) is 15.2. The molecule has 0 atom stereocenters. The molecule has 0 unspecified atom stereocenters. The Morgan fingerprint density at radius 2 is 1.89 bits per heavy atom. The highest BCUT2D eigenvalue weighted by Gasteiger charge is 2.07. The van der Waals surface area contributed by atoms with Gasteiger partial charge in [-0.2, -0.15) is 0 Å². The van der Waals surface area contributed by atoms with Crippen LogP contribution in [-0.4, -0.2) is 44.0 Å². The number of hydrogen-bond acceptors (Lipinski definition) is 5. The lowest BCUT2D eigenvalue weighted by Crippen LogP contribution is -2.23. The van der Waals surface area contributed by atoms with Gasteiger partial charge in [0.2, 0.25) is 11.8 Å². The monoisotopic (exact) mass is 364 g/mol. The fourth-order valence-electron chi connectivity index (χ4n) is 2.57. The molecular weight excluding hydrogens is 344 g/mol. The van der Waals surface area contributed by atoms with Crippen LogP contribution in [0.15, 0.2) is 54.9 Å². The number of anilines is 1. The molecule has 0 fully saturated rings. The number of carbonyl (C=O) groups excluding carboxylic acids is 2. The van der Waals surface area contributed by atoms with E-state index in [9.17, 15) is 9.59 Å². The van der Waals surface area contributed by atoms with Crippen molar-refractivity contribution in [2.75, 3.05) is 12.4 Å². The van der Waals surface area contributed by atoms with E-state index in [1.54, 1.807) is 16.6 Å². The summed E-state index contributed by atoms with van der Waals surface area (Å²) >= 11 is 0. The van der Waals surface area contributed by atoms with E-state index in [-0.39, 0.29) is 18.2 Å². The molecule has 8 nitrogen and oxygen atoms in total. The minimum Gasteiger partial charge on any atom is -0.342 e. The molecule has 0 bridgehead atoms. The fourth-order valence-corrected chi connectivity index (χ4v) is 2.57. The van der Waals surface area contributed by atoms with Crippen molar-refractivity contribution in [1.82, 2.24) is 25.1 Å². The Balaban J connectivity index is 1.60. The number of nitrogens with one attached hydrogen (secondary N) is 1. The van der Waals surface area contributed by atoms with Gasteiger partial charge in [0.1, 0.15) is 6.33 Å². The van der Waals surface area contributed by atoms with E-state index in [0.29, 0.717) is 12.2 Å². The molecule has 0 aliphatic carbocycles. The molecule has 27 heavy (non-hydrogen) atoms. The summed E-state index contributed by atoms with van der Waals surface area (Å²) in [7, 11) is 1.74. The first kappa shape index (κ1) is 18.2. The van der Waals surface area contributed by atoms with Crippen molar-refractivity contribution in [2.45, 2.75) is 19.9 Å². The highest BCUT2D eigenvalue weighted by molar-refractivity contribution is 5.92. The quantitative estimate of drug-likeness (QED) is 0.720. The Kier molecular flexibility index (Phi) is 5.55. The molecule has 3 aromatic rings. The minimum absolute atomic E-state index is 0.00504.